The highest BCUT2D eigenvalue weighted by Crippen LogP contribution is 2.31. The Labute approximate surface area is 170 Å². The third-order valence-electron chi connectivity index (χ3n) is 4.21. The van der Waals surface area contributed by atoms with Crippen LogP contribution in [0, 0.1) is 5.92 Å². The third-order valence-corrected chi connectivity index (χ3v) is 4.43. The third kappa shape index (κ3) is 4.89. The van der Waals surface area contributed by atoms with Gasteiger partial charge in [-0.15, -0.1) is 0 Å². The highest BCUT2D eigenvalue weighted by Gasteiger charge is 2.31. The maximum absolute atomic E-state index is 12.7. The second kappa shape index (κ2) is 8.89. The van der Waals surface area contributed by atoms with Gasteiger partial charge in [-0.25, -0.2) is 4.79 Å². The van der Waals surface area contributed by atoms with E-state index in [2.05, 4.69) is 10.6 Å². The van der Waals surface area contributed by atoms with Gasteiger partial charge in [0.05, 0.1) is 18.2 Å². The molecule has 2 aromatic carbocycles. The molecule has 1 heterocycles. The second-order valence-corrected chi connectivity index (χ2v) is 7.46. The van der Waals surface area contributed by atoms with Gasteiger partial charge in [0, 0.05) is 5.70 Å². The van der Waals surface area contributed by atoms with Crippen LogP contribution in [0.25, 0.3) is 0 Å². The summed E-state index contributed by atoms with van der Waals surface area (Å²) in [5.41, 5.74) is 2.08. The summed E-state index contributed by atoms with van der Waals surface area (Å²) in [5, 5.41) is 6.67. The Kier molecular flexibility index (Phi) is 6.31. The summed E-state index contributed by atoms with van der Waals surface area (Å²) in [4.78, 5) is 12.7. The van der Waals surface area contributed by atoms with E-state index in [9.17, 15) is 4.79 Å². The zero-order chi connectivity index (χ0) is 20.1. The first kappa shape index (κ1) is 19.9. The van der Waals surface area contributed by atoms with Crippen LogP contribution in [0.2, 0.25) is 0 Å². The number of hydrogen-bond donors (Lipinski definition) is 2. The number of thiocarbonyl (C=S) groups is 1. The SMILES string of the molecule is CC1=C(C(=O)OCC(C)C)[C@@H](c2cccc(Oc3ccccc3)c2)NC(=S)N1. The molecule has 1 atom stereocenters. The van der Waals surface area contributed by atoms with Gasteiger partial charge in [-0.2, -0.15) is 0 Å². The molecule has 28 heavy (non-hydrogen) atoms. The van der Waals surface area contributed by atoms with E-state index in [0.717, 1.165) is 11.3 Å². The van der Waals surface area contributed by atoms with Crippen LogP contribution in [0.5, 0.6) is 11.5 Å². The normalized spacial score (nSPS) is 16.4. The van der Waals surface area contributed by atoms with Crippen molar-refractivity contribution in [2.75, 3.05) is 6.61 Å². The highest BCUT2D eigenvalue weighted by atomic mass is 32.1. The number of nitrogens with one attached hydrogen (secondary N) is 2. The number of hydrogen-bond acceptors (Lipinski definition) is 4. The maximum Gasteiger partial charge on any atom is 0.338 e. The van der Waals surface area contributed by atoms with Crippen molar-refractivity contribution in [3.63, 3.8) is 0 Å². The first-order valence-corrected chi connectivity index (χ1v) is 9.63. The van der Waals surface area contributed by atoms with Gasteiger partial charge in [-0.05, 0) is 54.9 Å². The van der Waals surface area contributed by atoms with Crippen LogP contribution in [0.15, 0.2) is 65.9 Å². The van der Waals surface area contributed by atoms with Crippen molar-refractivity contribution in [1.29, 1.82) is 0 Å². The average Bonchev–Trinajstić information content (AvgIpc) is 2.66. The first-order chi connectivity index (χ1) is 13.4. The van der Waals surface area contributed by atoms with Crippen LogP contribution < -0.4 is 15.4 Å². The average molecular weight is 397 g/mol. The molecule has 1 aliphatic rings. The molecule has 3 rings (SSSR count). The fraction of sp³-hybridized carbons (Fsp3) is 0.273. The van der Waals surface area contributed by atoms with E-state index in [1.807, 2.05) is 75.4 Å². The maximum atomic E-state index is 12.7. The lowest BCUT2D eigenvalue weighted by Crippen LogP contribution is -2.45. The Balaban J connectivity index is 1.89. The molecule has 0 spiro atoms. The number of para-hydroxylation sites is 1. The highest BCUT2D eigenvalue weighted by molar-refractivity contribution is 7.80. The second-order valence-electron chi connectivity index (χ2n) is 7.05. The topological polar surface area (TPSA) is 59.6 Å². The van der Waals surface area contributed by atoms with E-state index in [0.29, 0.717) is 28.7 Å². The summed E-state index contributed by atoms with van der Waals surface area (Å²) >= 11 is 5.30. The number of allylic oxidation sites excluding steroid dienone is 1. The van der Waals surface area contributed by atoms with E-state index in [-0.39, 0.29) is 11.9 Å². The smallest absolute Gasteiger partial charge is 0.338 e. The van der Waals surface area contributed by atoms with E-state index in [1.165, 1.54) is 0 Å². The summed E-state index contributed by atoms with van der Waals surface area (Å²) < 4.78 is 11.4. The van der Waals surface area contributed by atoms with Crippen molar-refractivity contribution in [1.82, 2.24) is 10.6 Å². The molecule has 0 radical (unpaired) electrons. The Morgan fingerprint density at radius 2 is 1.82 bits per heavy atom. The van der Waals surface area contributed by atoms with E-state index in [4.69, 9.17) is 21.7 Å². The number of benzene rings is 2. The lowest BCUT2D eigenvalue weighted by molar-refractivity contribution is -0.140. The number of rotatable bonds is 6. The van der Waals surface area contributed by atoms with Crippen LogP contribution >= 0.6 is 12.2 Å². The molecule has 0 bridgehead atoms. The van der Waals surface area contributed by atoms with Gasteiger partial charge in [-0.3, -0.25) is 0 Å². The molecule has 6 heteroatoms. The van der Waals surface area contributed by atoms with E-state index >= 15 is 0 Å². The van der Waals surface area contributed by atoms with Gasteiger partial charge in [0.1, 0.15) is 11.5 Å². The van der Waals surface area contributed by atoms with Crippen molar-refractivity contribution >= 4 is 23.3 Å². The largest absolute Gasteiger partial charge is 0.462 e. The van der Waals surface area contributed by atoms with Gasteiger partial charge in [-0.1, -0.05) is 44.2 Å². The molecular formula is C22H24N2O3S. The predicted molar refractivity (Wildman–Crippen MR) is 113 cm³/mol. The fourth-order valence-electron chi connectivity index (χ4n) is 2.92. The molecule has 5 nitrogen and oxygen atoms in total. The Morgan fingerprint density at radius 1 is 1.11 bits per heavy atom. The van der Waals surface area contributed by atoms with Crippen LogP contribution in [0.4, 0.5) is 0 Å². The van der Waals surface area contributed by atoms with Crippen molar-refractivity contribution in [2.24, 2.45) is 5.92 Å². The summed E-state index contributed by atoms with van der Waals surface area (Å²) in [6.07, 6.45) is 0. The molecule has 2 aromatic rings. The summed E-state index contributed by atoms with van der Waals surface area (Å²) in [7, 11) is 0. The number of carbonyl (C=O) groups excluding carboxylic acids is 1. The molecule has 0 fully saturated rings. The molecule has 0 amide bonds. The Bertz CT molecular complexity index is 894. The summed E-state index contributed by atoms with van der Waals surface area (Å²) in [6, 6.07) is 16.8. The zero-order valence-corrected chi connectivity index (χ0v) is 17.0. The zero-order valence-electron chi connectivity index (χ0n) is 16.2. The van der Waals surface area contributed by atoms with Crippen molar-refractivity contribution in [3.8, 4) is 11.5 Å². The van der Waals surface area contributed by atoms with Crippen LogP contribution in [-0.4, -0.2) is 17.7 Å². The minimum Gasteiger partial charge on any atom is -0.462 e. The molecular weight excluding hydrogens is 372 g/mol. The predicted octanol–water partition coefficient (Wildman–Crippen LogP) is 4.47. The lowest BCUT2D eigenvalue weighted by Gasteiger charge is -2.30. The number of esters is 1. The lowest BCUT2D eigenvalue weighted by atomic mass is 9.95. The standard InChI is InChI=1S/C22H24N2O3S/c1-14(2)13-26-21(25)19-15(3)23-22(28)24-20(19)16-8-7-11-18(12-16)27-17-9-5-4-6-10-17/h4-12,14,20H,13H2,1-3H3,(H2,23,24,28)/t20-/m1/s1. The van der Waals surface area contributed by atoms with E-state index in [1.54, 1.807) is 0 Å². The summed E-state index contributed by atoms with van der Waals surface area (Å²) in [6.45, 7) is 6.20. The van der Waals surface area contributed by atoms with Gasteiger partial charge < -0.3 is 20.1 Å². The Morgan fingerprint density at radius 3 is 2.54 bits per heavy atom. The molecule has 0 unspecified atom stereocenters. The van der Waals surface area contributed by atoms with Gasteiger partial charge in [0.15, 0.2) is 5.11 Å². The quantitative estimate of drug-likeness (QED) is 0.555. The molecule has 146 valence electrons. The molecule has 0 aliphatic carbocycles. The molecule has 0 saturated carbocycles. The minimum absolute atomic E-state index is 0.261. The van der Waals surface area contributed by atoms with Crippen LogP contribution in [-0.2, 0) is 9.53 Å². The van der Waals surface area contributed by atoms with Gasteiger partial charge >= 0.3 is 5.97 Å². The summed E-state index contributed by atoms with van der Waals surface area (Å²) in [5.74, 6) is 1.34. The Hall–Kier alpha value is -2.86. The molecule has 1 aliphatic heterocycles. The fourth-order valence-corrected chi connectivity index (χ4v) is 3.19. The van der Waals surface area contributed by atoms with Gasteiger partial charge in [0.2, 0.25) is 0 Å². The number of carbonyl (C=O) groups is 1. The van der Waals surface area contributed by atoms with Crippen molar-refractivity contribution < 1.29 is 14.3 Å². The monoisotopic (exact) mass is 396 g/mol. The molecule has 0 aromatic heterocycles. The number of ether oxygens (including phenoxy) is 2. The van der Waals surface area contributed by atoms with Crippen molar-refractivity contribution in [2.45, 2.75) is 26.8 Å². The van der Waals surface area contributed by atoms with Crippen LogP contribution in [0.3, 0.4) is 0 Å². The van der Waals surface area contributed by atoms with E-state index < -0.39 is 6.04 Å². The van der Waals surface area contributed by atoms with Crippen LogP contribution in [0.1, 0.15) is 32.4 Å². The minimum atomic E-state index is -0.410. The first-order valence-electron chi connectivity index (χ1n) is 9.22. The molecule has 0 saturated heterocycles. The van der Waals surface area contributed by atoms with Crippen molar-refractivity contribution in [3.05, 3.63) is 71.4 Å². The molecule has 2 N–H and O–H groups in total. The van der Waals surface area contributed by atoms with Gasteiger partial charge in [0.25, 0.3) is 0 Å².